The largest absolute Gasteiger partial charge is 0.490 e. The molecule has 4 rings (SSSR count). The molecule has 0 spiro atoms. The van der Waals surface area contributed by atoms with E-state index in [0.29, 0.717) is 36.6 Å². The highest BCUT2D eigenvalue weighted by Crippen LogP contribution is 2.33. The number of carbonyl (C=O) groups excluding carboxylic acids is 3. The summed E-state index contributed by atoms with van der Waals surface area (Å²) in [7, 11) is 3.37. The number of fused-ring (bicyclic) bond motifs is 2. The monoisotopic (exact) mass is 473 g/mol. The summed E-state index contributed by atoms with van der Waals surface area (Å²) in [5.41, 5.74) is 1.04. The predicted octanol–water partition coefficient (Wildman–Crippen LogP) is 2.35. The summed E-state index contributed by atoms with van der Waals surface area (Å²) in [6.07, 6.45) is 5.14. The number of rotatable bonds is 7. The molecule has 9 nitrogen and oxygen atoms in total. The van der Waals surface area contributed by atoms with Gasteiger partial charge in [-0.1, -0.05) is 12.8 Å². The average molecular weight is 474 g/mol. The third-order valence-electron chi connectivity index (χ3n) is 7.05. The Morgan fingerprint density at radius 1 is 1.18 bits per heavy atom. The maximum atomic E-state index is 13.3. The van der Waals surface area contributed by atoms with Crippen LogP contribution in [0.25, 0.3) is 0 Å². The Bertz CT molecular complexity index is 901. The van der Waals surface area contributed by atoms with Gasteiger partial charge in [0.2, 0.25) is 11.8 Å². The number of anilines is 1. The average Bonchev–Trinajstić information content (AvgIpc) is 3.37. The first-order valence-corrected chi connectivity index (χ1v) is 12.2. The van der Waals surface area contributed by atoms with Gasteiger partial charge in [0.25, 0.3) is 5.91 Å². The van der Waals surface area contributed by atoms with Crippen molar-refractivity contribution in [2.75, 3.05) is 39.2 Å². The summed E-state index contributed by atoms with van der Waals surface area (Å²) >= 11 is 0. The third-order valence-corrected chi connectivity index (χ3v) is 7.05. The van der Waals surface area contributed by atoms with E-state index in [0.717, 1.165) is 32.1 Å². The van der Waals surface area contributed by atoms with E-state index in [4.69, 9.17) is 14.2 Å². The van der Waals surface area contributed by atoms with Gasteiger partial charge in [0, 0.05) is 32.3 Å². The number of methoxy groups -OCH3 is 1. The van der Waals surface area contributed by atoms with Crippen molar-refractivity contribution in [2.24, 2.45) is 5.92 Å². The van der Waals surface area contributed by atoms with Crippen molar-refractivity contribution in [3.63, 3.8) is 0 Å². The third kappa shape index (κ3) is 5.70. The number of hydrogen-bond donors (Lipinski definition) is 2. The van der Waals surface area contributed by atoms with Crippen molar-refractivity contribution in [1.29, 1.82) is 0 Å². The van der Waals surface area contributed by atoms with Gasteiger partial charge >= 0.3 is 0 Å². The summed E-state index contributed by atoms with van der Waals surface area (Å²) in [6.45, 7) is 1.22. The van der Waals surface area contributed by atoms with E-state index in [1.54, 1.807) is 37.3 Å². The van der Waals surface area contributed by atoms with Crippen molar-refractivity contribution < 1.29 is 28.6 Å². The lowest BCUT2D eigenvalue weighted by atomic mass is 9.94. The highest BCUT2D eigenvalue weighted by molar-refractivity contribution is 6.00. The second-order valence-electron chi connectivity index (χ2n) is 9.40. The number of benzene rings is 1. The van der Waals surface area contributed by atoms with E-state index >= 15 is 0 Å². The van der Waals surface area contributed by atoms with Crippen molar-refractivity contribution in [1.82, 2.24) is 10.2 Å². The summed E-state index contributed by atoms with van der Waals surface area (Å²) in [6, 6.07) is 5.06. The van der Waals surface area contributed by atoms with E-state index in [2.05, 4.69) is 10.6 Å². The molecule has 1 saturated heterocycles. The van der Waals surface area contributed by atoms with Crippen LogP contribution in [0.15, 0.2) is 18.2 Å². The second kappa shape index (κ2) is 11.2. The van der Waals surface area contributed by atoms with Crippen LogP contribution < -0.4 is 15.4 Å². The topological polar surface area (TPSA) is 106 Å². The van der Waals surface area contributed by atoms with Crippen molar-refractivity contribution >= 4 is 23.4 Å². The minimum Gasteiger partial charge on any atom is -0.490 e. The van der Waals surface area contributed by atoms with E-state index in [1.807, 2.05) is 0 Å². The first-order chi connectivity index (χ1) is 16.5. The van der Waals surface area contributed by atoms with Gasteiger partial charge in [-0.2, -0.15) is 0 Å². The van der Waals surface area contributed by atoms with Crippen LogP contribution in [-0.2, 0) is 19.1 Å². The van der Waals surface area contributed by atoms with Crippen LogP contribution in [0, 0.1) is 5.92 Å². The molecule has 1 aromatic carbocycles. The van der Waals surface area contributed by atoms with Crippen molar-refractivity contribution in [2.45, 2.75) is 63.2 Å². The first-order valence-electron chi connectivity index (χ1n) is 12.2. The molecule has 1 saturated carbocycles. The maximum absolute atomic E-state index is 13.3. The zero-order chi connectivity index (χ0) is 24.1. The minimum atomic E-state index is -0.325. The van der Waals surface area contributed by atoms with Gasteiger partial charge < -0.3 is 29.7 Å². The molecule has 9 heteroatoms. The van der Waals surface area contributed by atoms with Crippen LogP contribution in [0.2, 0.25) is 0 Å². The fourth-order valence-electron chi connectivity index (χ4n) is 5.11. The quantitative estimate of drug-likeness (QED) is 0.589. The molecule has 3 amide bonds. The zero-order valence-electron chi connectivity index (χ0n) is 20.0. The molecule has 0 bridgehead atoms. The minimum absolute atomic E-state index is 0.0167. The Labute approximate surface area is 200 Å². The fraction of sp³-hybridized carbons (Fsp3) is 0.640. The van der Waals surface area contributed by atoms with Gasteiger partial charge in [-0.25, -0.2) is 0 Å². The molecule has 186 valence electrons. The Morgan fingerprint density at radius 2 is 1.97 bits per heavy atom. The summed E-state index contributed by atoms with van der Waals surface area (Å²) in [5.74, 6) is 0.294. The van der Waals surface area contributed by atoms with E-state index in [1.165, 1.54) is 0 Å². The number of ether oxygens (including phenoxy) is 3. The lowest BCUT2D eigenvalue weighted by Crippen LogP contribution is -2.54. The molecule has 2 N–H and O–H groups in total. The van der Waals surface area contributed by atoms with E-state index < -0.39 is 0 Å². The molecule has 0 radical (unpaired) electrons. The molecule has 0 unspecified atom stereocenters. The molecule has 1 aromatic rings. The molecule has 2 fully saturated rings. The molecule has 1 aliphatic carbocycles. The maximum Gasteiger partial charge on any atom is 0.257 e. The highest BCUT2D eigenvalue weighted by Gasteiger charge is 2.39. The molecule has 3 atom stereocenters. The number of amides is 3. The Balaban J connectivity index is 1.41. The van der Waals surface area contributed by atoms with E-state index in [-0.39, 0.29) is 54.9 Å². The van der Waals surface area contributed by atoms with Gasteiger partial charge in [-0.05, 0) is 43.9 Å². The lowest BCUT2D eigenvalue weighted by Gasteiger charge is -2.42. The molecule has 34 heavy (non-hydrogen) atoms. The molecule has 0 aromatic heterocycles. The number of nitrogens with one attached hydrogen (secondary N) is 2. The van der Waals surface area contributed by atoms with Gasteiger partial charge in [-0.15, -0.1) is 0 Å². The van der Waals surface area contributed by atoms with Gasteiger partial charge in [0.15, 0.2) is 0 Å². The molecule has 3 aliphatic rings. The van der Waals surface area contributed by atoms with Gasteiger partial charge in [0.1, 0.15) is 18.5 Å². The van der Waals surface area contributed by atoms with Crippen LogP contribution >= 0.6 is 0 Å². The number of nitrogens with zero attached hydrogens (tertiary/aromatic N) is 1. The highest BCUT2D eigenvalue weighted by atomic mass is 16.5. The second-order valence-corrected chi connectivity index (χ2v) is 9.40. The molecular formula is C25H35N3O6. The van der Waals surface area contributed by atoms with Gasteiger partial charge in [0.05, 0.1) is 30.7 Å². The van der Waals surface area contributed by atoms with Crippen LogP contribution in [0.1, 0.15) is 55.3 Å². The summed E-state index contributed by atoms with van der Waals surface area (Å²) in [5, 5.41) is 5.79. The Kier molecular flexibility index (Phi) is 8.05. The zero-order valence-corrected chi connectivity index (χ0v) is 20.0. The van der Waals surface area contributed by atoms with E-state index in [9.17, 15) is 14.4 Å². The molecular weight excluding hydrogens is 438 g/mol. The fourth-order valence-corrected chi connectivity index (χ4v) is 5.11. The standard InChI is InChI=1S/C25H35N3O6/c1-28-20-9-8-18(14-23(29)26-11-12-32-2)34-22(20)15-33-21-10-7-17(13-19(21)25(28)31)27-24(30)16-5-3-4-6-16/h7,10,13,16,18,20,22H,3-6,8-9,11-12,14-15H2,1-2H3,(H,26,29)(H,27,30)/t18-,20-,22-/m0/s1. The van der Waals surface area contributed by atoms with Crippen LogP contribution in [0.4, 0.5) is 5.69 Å². The Morgan fingerprint density at radius 3 is 2.74 bits per heavy atom. The smallest absolute Gasteiger partial charge is 0.257 e. The van der Waals surface area contributed by atoms with Crippen molar-refractivity contribution in [3.05, 3.63) is 23.8 Å². The number of likely N-dealkylation sites (N-methyl/N-ethyl adjacent to an activating group) is 1. The first kappa shape index (κ1) is 24.5. The summed E-state index contributed by atoms with van der Waals surface area (Å²) < 4.78 is 17.2. The number of carbonyl (C=O) groups is 3. The molecule has 2 aliphatic heterocycles. The molecule has 2 heterocycles. The van der Waals surface area contributed by atoms with Crippen molar-refractivity contribution in [3.8, 4) is 5.75 Å². The van der Waals surface area contributed by atoms with Crippen LogP contribution in [0.3, 0.4) is 0 Å². The Hall–Kier alpha value is -2.65. The number of hydrogen-bond acceptors (Lipinski definition) is 6. The van der Waals surface area contributed by atoms with Crippen LogP contribution in [-0.4, -0.2) is 74.8 Å². The van der Waals surface area contributed by atoms with Gasteiger partial charge in [-0.3, -0.25) is 14.4 Å². The SMILES string of the molecule is COCCNC(=O)C[C@@H]1CC[C@H]2[C@H](COc3ccc(NC(=O)C4CCCC4)cc3C(=O)N2C)O1. The lowest BCUT2D eigenvalue weighted by molar-refractivity contribution is -0.134. The normalized spacial score (nSPS) is 24.9. The summed E-state index contributed by atoms with van der Waals surface area (Å²) in [4.78, 5) is 39.8. The predicted molar refractivity (Wildman–Crippen MR) is 126 cm³/mol. The van der Waals surface area contributed by atoms with Crippen LogP contribution in [0.5, 0.6) is 5.75 Å².